The van der Waals surface area contributed by atoms with E-state index >= 15 is 0 Å². The molecule has 0 saturated heterocycles. The van der Waals surface area contributed by atoms with Crippen molar-refractivity contribution >= 4 is 54.6 Å². The van der Waals surface area contributed by atoms with Gasteiger partial charge in [-0.15, -0.1) is 11.3 Å². The van der Waals surface area contributed by atoms with Gasteiger partial charge in [-0.25, -0.2) is 8.42 Å². The summed E-state index contributed by atoms with van der Waals surface area (Å²) in [4.78, 5) is 0. The van der Waals surface area contributed by atoms with Crippen LogP contribution in [0.3, 0.4) is 0 Å². The number of rotatable bonds is 2. The number of hydrogen-bond donors (Lipinski definition) is 1. The molecule has 3 rings (SSSR count). The van der Waals surface area contributed by atoms with Crippen LogP contribution in [0.25, 0.3) is 0 Å². The lowest BCUT2D eigenvalue weighted by Crippen LogP contribution is -2.36. The molecule has 21 heavy (non-hydrogen) atoms. The molecule has 112 valence electrons. The SMILES string of the molecule is O=S(=O)(c1cc(Cl)c(Br)s1)N1CCC(O)c2ccccc21. The minimum absolute atomic E-state index is 0.186. The molecule has 1 aliphatic heterocycles. The molecule has 1 unspecified atom stereocenters. The first-order valence-electron chi connectivity index (χ1n) is 6.16. The lowest BCUT2D eigenvalue weighted by molar-refractivity contribution is 0.166. The Balaban J connectivity index is 2.10. The van der Waals surface area contributed by atoms with Crippen molar-refractivity contribution in [2.24, 2.45) is 0 Å². The number of anilines is 1. The molecule has 0 amide bonds. The molecular weight excluding hydrogens is 398 g/mol. The fourth-order valence-electron chi connectivity index (χ4n) is 2.32. The number of sulfonamides is 1. The fraction of sp³-hybridized carbons (Fsp3) is 0.231. The quantitative estimate of drug-likeness (QED) is 0.822. The van der Waals surface area contributed by atoms with Crippen molar-refractivity contribution in [3.8, 4) is 0 Å². The third kappa shape index (κ3) is 2.61. The second-order valence-electron chi connectivity index (χ2n) is 4.63. The normalized spacial score (nSPS) is 18.6. The Bertz CT molecular complexity index is 771. The van der Waals surface area contributed by atoms with Crippen molar-refractivity contribution < 1.29 is 13.5 Å². The van der Waals surface area contributed by atoms with Crippen LogP contribution in [-0.2, 0) is 10.0 Å². The number of hydrogen-bond acceptors (Lipinski definition) is 4. The van der Waals surface area contributed by atoms with Gasteiger partial charge in [0.2, 0.25) is 0 Å². The van der Waals surface area contributed by atoms with E-state index in [9.17, 15) is 13.5 Å². The van der Waals surface area contributed by atoms with Crippen molar-refractivity contribution in [3.63, 3.8) is 0 Å². The molecule has 1 N–H and O–H groups in total. The maximum absolute atomic E-state index is 12.8. The number of nitrogens with zero attached hydrogens (tertiary/aromatic N) is 1. The van der Waals surface area contributed by atoms with Crippen molar-refractivity contribution in [1.82, 2.24) is 0 Å². The molecule has 0 radical (unpaired) electrons. The molecule has 2 heterocycles. The maximum atomic E-state index is 12.8. The number of benzene rings is 1. The summed E-state index contributed by atoms with van der Waals surface area (Å²) in [6.07, 6.45) is -0.261. The van der Waals surface area contributed by atoms with Gasteiger partial charge in [0, 0.05) is 12.1 Å². The summed E-state index contributed by atoms with van der Waals surface area (Å²) in [7, 11) is -3.67. The average Bonchev–Trinajstić information content (AvgIpc) is 2.80. The van der Waals surface area contributed by atoms with Crippen molar-refractivity contribution in [2.45, 2.75) is 16.7 Å². The number of fused-ring (bicyclic) bond motifs is 1. The van der Waals surface area contributed by atoms with Crippen LogP contribution in [0.5, 0.6) is 0 Å². The van der Waals surface area contributed by atoms with E-state index in [0.29, 0.717) is 26.5 Å². The number of halogens is 2. The fourth-order valence-corrected chi connectivity index (χ4v) is 6.34. The average molecular weight is 409 g/mol. The molecule has 1 aliphatic rings. The molecule has 2 aromatic rings. The number of para-hydroxylation sites is 1. The van der Waals surface area contributed by atoms with E-state index in [1.54, 1.807) is 24.3 Å². The van der Waals surface area contributed by atoms with Crippen LogP contribution in [0.1, 0.15) is 18.1 Å². The molecule has 1 atom stereocenters. The Morgan fingerprint density at radius 2 is 2.10 bits per heavy atom. The Kier molecular flexibility index (Phi) is 4.04. The van der Waals surface area contributed by atoms with Crippen LogP contribution in [0.15, 0.2) is 38.3 Å². The zero-order valence-corrected chi connectivity index (χ0v) is 14.6. The van der Waals surface area contributed by atoms with E-state index in [4.69, 9.17) is 11.6 Å². The van der Waals surface area contributed by atoms with Crippen LogP contribution in [0.2, 0.25) is 5.02 Å². The molecule has 0 fully saturated rings. The smallest absolute Gasteiger partial charge is 0.273 e. The minimum Gasteiger partial charge on any atom is -0.388 e. The van der Waals surface area contributed by atoms with Gasteiger partial charge in [0.25, 0.3) is 10.0 Å². The third-order valence-electron chi connectivity index (χ3n) is 3.34. The maximum Gasteiger partial charge on any atom is 0.273 e. The highest BCUT2D eigenvalue weighted by atomic mass is 79.9. The minimum atomic E-state index is -3.67. The summed E-state index contributed by atoms with van der Waals surface area (Å²) in [5.41, 5.74) is 1.16. The second kappa shape index (κ2) is 5.55. The number of aliphatic hydroxyl groups excluding tert-OH is 1. The highest BCUT2D eigenvalue weighted by Crippen LogP contribution is 2.40. The van der Waals surface area contributed by atoms with Crippen LogP contribution < -0.4 is 4.31 Å². The Hall–Kier alpha value is -0.600. The Morgan fingerprint density at radius 3 is 2.76 bits per heavy atom. The highest BCUT2D eigenvalue weighted by molar-refractivity contribution is 9.11. The first kappa shape index (κ1) is 15.3. The van der Waals surface area contributed by atoms with Crippen molar-refractivity contribution in [2.75, 3.05) is 10.8 Å². The van der Waals surface area contributed by atoms with Gasteiger partial charge >= 0.3 is 0 Å². The van der Waals surface area contributed by atoms with E-state index in [-0.39, 0.29) is 10.8 Å². The van der Waals surface area contributed by atoms with Gasteiger partial charge < -0.3 is 5.11 Å². The second-order valence-corrected chi connectivity index (χ2v) is 9.49. The molecular formula is C13H11BrClNO3S2. The van der Waals surface area contributed by atoms with E-state index in [2.05, 4.69) is 15.9 Å². The molecule has 0 aliphatic carbocycles. The summed E-state index contributed by atoms with van der Waals surface area (Å²) in [5.74, 6) is 0. The summed E-state index contributed by atoms with van der Waals surface area (Å²) >= 11 is 10.3. The monoisotopic (exact) mass is 407 g/mol. The molecule has 1 aromatic carbocycles. The van der Waals surface area contributed by atoms with Crippen LogP contribution >= 0.6 is 38.9 Å². The van der Waals surface area contributed by atoms with Crippen molar-refractivity contribution in [3.05, 3.63) is 44.7 Å². The lowest BCUT2D eigenvalue weighted by Gasteiger charge is -2.32. The highest BCUT2D eigenvalue weighted by Gasteiger charge is 2.33. The number of thiophene rings is 1. The summed E-state index contributed by atoms with van der Waals surface area (Å²) in [5, 5.41) is 10.4. The molecule has 4 nitrogen and oxygen atoms in total. The largest absolute Gasteiger partial charge is 0.388 e. The van der Waals surface area contributed by atoms with Gasteiger partial charge in [-0.3, -0.25) is 4.31 Å². The van der Waals surface area contributed by atoms with E-state index in [1.165, 1.54) is 10.4 Å². The molecule has 0 bridgehead atoms. The predicted octanol–water partition coefficient (Wildman–Crippen LogP) is 3.80. The third-order valence-corrected chi connectivity index (χ3v) is 8.07. The summed E-state index contributed by atoms with van der Waals surface area (Å²) < 4.78 is 27.7. The zero-order chi connectivity index (χ0) is 15.2. The molecule has 0 spiro atoms. The standard InChI is InChI=1S/C13H11BrClNO3S2/c14-13-9(15)7-12(20-13)21(18,19)16-6-5-11(17)8-3-1-2-4-10(8)16/h1-4,7,11,17H,5-6H2. The van der Waals surface area contributed by atoms with Gasteiger partial charge in [-0.1, -0.05) is 29.8 Å². The number of aliphatic hydroxyl groups is 1. The topological polar surface area (TPSA) is 57.6 Å². The van der Waals surface area contributed by atoms with Crippen molar-refractivity contribution in [1.29, 1.82) is 0 Å². The van der Waals surface area contributed by atoms with Crippen LogP contribution in [0.4, 0.5) is 5.69 Å². The summed E-state index contributed by atoms with van der Waals surface area (Å²) in [6.45, 7) is 0.244. The van der Waals surface area contributed by atoms with E-state index in [0.717, 1.165) is 11.3 Å². The van der Waals surface area contributed by atoms with Gasteiger partial charge in [0.15, 0.2) is 0 Å². The van der Waals surface area contributed by atoms with Gasteiger partial charge in [-0.2, -0.15) is 0 Å². The van der Waals surface area contributed by atoms with Crippen LogP contribution in [0, 0.1) is 0 Å². The molecule has 1 aromatic heterocycles. The first-order valence-corrected chi connectivity index (χ1v) is 9.58. The molecule has 8 heteroatoms. The van der Waals surface area contributed by atoms with Gasteiger partial charge in [0.05, 0.1) is 20.6 Å². The predicted molar refractivity (Wildman–Crippen MR) is 87.6 cm³/mol. The lowest BCUT2D eigenvalue weighted by atomic mass is 10.0. The van der Waals surface area contributed by atoms with E-state index in [1.807, 2.05) is 0 Å². The van der Waals surface area contributed by atoms with Gasteiger partial charge in [-0.05, 0) is 34.5 Å². The van der Waals surface area contributed by atoms with Gasteiger partial charge in [0.1, 0.15) is 4.21 Å². The zero-order valence-electron chi connectivity index (χ0n) is 10.7. The molecule has 0 saturated carbocycles. The first-order chi connectivity index (χ1) is 9.91. The summed E-state index contributed by atoms with van der Waals surface area (Å²) in [6, 6.07) is 8.45. The Labute approximate surface area is 140 Å². The Morgan fingerprint density at radius 1 is 1.38 bits per heavy atom. The van der Waals surface area contributed by atoms with Crippen LogP contribution in [-0.4, -0.2) is 20.1 Å². The van der Waals surface area contributed by atoms with E-state index < -0.39 is 16.1 Å².